The van der Waals surface area contributed by atoms with Gasteiger partial charge in [0.15, 0.2) is 0 Å². The normalized spacial score (nSPS) is 19.6. The molecule has 1 fully saturated rings. The van der Waals surface area contributed by atoms with Crippen LogP contribution in [0.2, 0.25) is 0 Å². The molecule has 2 heteroatoms. The summed E-state index contributed by atoms with van der Waals surface area (Å²) in [7, 11) is 0. The van der Waals surface area contributed by atoms with Crippen LogP contribution in [-0.4, -0.2) is 12.8 Å². The highest BCUT2D eigenvalue weighted by Gasteiger charge is 2.33. The van der Waals surface area contributed by atoms with E-state index in [0.29, 0.717) is 0 Å². The van der Waals surface area contributed by atoms with E-state index in [2.05, 4.69) is 30.5 Å². The molecule has 0 spiro atoms. The second kappa shape index (κ2) is 5.24. The number of thioether (sulfide) groups is 1. The zero-order valence-electron chi connectivity index (χ0n) is 10.0. The Labute approximate surface area is 103 Å². The molecule has 1 aliphatic rings. The van der Waals surface area contributed by atoms with Crippen molar-refractivity contribution in [1.29, 1.82) is 0 Å². The first-order chi connectivity index (χ1) is 7.82. The lowest BCUT2D eigenvalue weighted by Crippen LogP contribution is -2.37. The Hall–Kier alpha value is -0.470. The standard InChI is InChI=1S/C14H21NS/c1-16-13-8-4-3-7-12(13)14(11-15)9-5-2-6-10-14/h3-4,7-8H,2,5-6,9-11,15H2,1H3. The van der Waals surface area contributed by atoms with Gasteiger partial charge in [-0.3, -0.25) is 0 Å². The summed E-state index contributed by atoms with van der Waals surface area (Å²) in [5.74, 6) is 0. The maximum Gasteiger partial charge on any atom is 0.0107 e. The predicted molar refractivity (Wildman–Crippen MR) is 72.0 cm³/mol. The van der Waals surface area contributed by atoms with Crippen LogP contribution in [0.5, 0.6) is 0 Å². The van der Waals surface area contributed by atoms with Gasteiger partial charge in [0, 0.05) is 16.9 Å². The molecule has 0 radical (unpaired) electrons. The van der Waals surface area contributed by atoms with Crippen molar-refractivity contribution in [3.05, 3.63) is 29.8 Å². The third kappa shape index (κ3) is 2.14. The first-order valence-corrected chi connectivity index (χ1v) is 7.38. The van der Waals surface area contributed by atoms with Crippen molar-refractivity contribution >= 4 is 11.8 Å². The average molecular weight is 235 g/mol. The van der Waals surface area contributed by atoms with Gasteiger partial charge in [-0.05, 0) is 30.7 Å². The summed E-state index contributed by atoms with van der Waals surface area (Å²) < 4.78 is 0. The monoisotopic (exact) mass is 235 g/mol. The minimum Gasteiger partial charge on any atom is -0.330 e. The predicted octanol–water partition coefficient (Wildman–Crippen LogP) is 3.57. The van der Waals surface area contributed by atoms with E-state index in [1.54, 1.807) is 0 Å². The van der Waals surface area contributed by atoms with Gasteiger partial charge < -0.3 is 5.73 Å². The van der Waals surface area contributed by atoms with Crippen LogP contribution >= 0.6 is 11.8 Å². The maximum absolute atomic E-state index is 6.08. The number of rotatable bonds is 3. The fourth-order valence-electron chi connectivity index (χ4n) is 2.89. The molecule has 1 saturated carbocycles. The molecule has 2 rings (SSSR count). The van der Waals surface area contributed by atoms with E-state index in [1.165, 1.54) is 42.6 Å². The lowest BCUT2D eigenvalue weighted by atomic mass is 9.69. The summed E-state index contributed by atoms with van der Waals surface area (Å²) >= 11 is 1.85. The highest BCUT2D eigenvalue weighted by atomic mass is 32.2. The molecule has 88 valence electrons. The minimum atomic E-state index is 0.262. The first kappa shape index (κ1) is 12.0. The molecule has 1 aromatic carbocycles. The van der Waals surface area contributed by atoms with E-state index in [9.17, 15) is 0 Å². The van der Waals surface area contributed by atoms with Crippen LogP contribution in [0.15, 0.2) is 29.2 Å². The molecule has 0 bridgehead atoms. The SMILES string of the molecule is CSc1ccccc1C1(CN)CCCCC1. The third-order valence-electron chi connectivity index (χ3n) is 3.88. The van der Waals surface area contributed by atoms with Crippen LogP contribution in [0.1, 0.15) is 37.7 Å². The van der Waals surface area contributed by atoms with Crippen molar-refractivity contribution in [3.63, 3.8) is 0 Å². The van der Waals surface area contributed by atoms with Crippen molar-refractivity contribution in [2.24, 2.45) is 5.73 Å². The van der Waals surface area contributed by atoms with Crippen LogP contribution < -0.4 is 5.73 Å². The van der Waals surface area contributed by atoms with Gasteiger partial charge in [-0.15, -0.1) is 11.8 Å². The Bertz CT molecular complexity index is 342. The van der Waals surface area contributed by atoms with E-state index < -0.39 is 0 Å². The van der Waals surface area contributed by atoms with E-state index in [-0.39, 0.29) is 5.41 Å². The Morgan fingerprint density at radius 1 is 1.19 bits per heavy atom. The highest BCUT2D eigenvalue weighted by molar-refractivity contribution is 7.98. The summed E-state index contributed by atoms with van der Waals surface area (Å²) in [6, 6.07) is 8.79. The fourth-order valence-corrected chi connectivity index (χ4v) is 3.61. The molecule has 0 aliphatic heterocycles. The smallest absolute Gasteiger partial charge is 0.0107 e. The highest BCUT2D eigenvalue weighted by Crippen LogP contribution is 2.42. The molecule has 0 unspecified atom stereocenters. The fraction of sp³-hybridized carbons (Fsp3) is 0.571. The van der Waals surface area contributed by atoms with Gasteiger partial charge in [0.05, 0.1) is 0 Å². The number of nitrogens with two attached hydrogens (primary N) is 1. The zero-order chi connectivity index (χ0) is 11.4. The molecular weight excluding hydrogens is 214 g/mol. The van der Waals surface area contributed by atoms with E-state index in [4.69, 9.17) is 5.73 Å². The van der Waals surface area contributed by atoms with Gasteiger partial charge in [0.25, 0.3) is 0 Å². The summed E-state index contributed by atoms with van der Waals surface area (Å²) in [5, 5.41) is 0. The van der Waals surface area contributed by atoms with E-state index in [1.807, 2.05) is 11.8 Å². The van der Waals surface area contributed by atoms with E-state index in [0.717, 1.165) is 6.54 Å². The summed E-state index contributed by atoms with van der Waals surface area (Å²) in [6.07, 6.45) is 8.73. The van der Waals surface area contributed by atoms with Crippen molar-refractivity contribution in [2.45, 2.75) is 42.4 Å². The summed E-state index contributed by atoms with van der Waals surface area (Å²) in [4.78, 5) is 1.41. The minimum absolute atomic E-state index is 0.262. The molecule has 0 atom stereocenters. The molecule has 1 aromatic rings. The Morgan fingerprint density at radius 3 is 2.50 bits per heavy atom. The lowest BCUT2D eigenvalue weighted by molar-refractivity contribution is 0.296. The average Bonchev–Trinajstić information content (AvgIpc) is 2.39. The third-order valence-corrected chi connectivity index (χ3v) is 4.68. The van der Waals surface area contributed by atoms with Crippen LogP contribution in [0, 0.1) is 0 Å². The molecule has 1 aliphatic carbocycles. The summed E-state index contributed by atoms with van der Waals surface area (Å²) in [5.41, 5.74) is 7.84. The van der Waals surface area contributed by atoms with Crippen LogP contribution in [-0.2, 0) is 5.41 Å². The Kier molecular flexibility index (Phi) is 3.93. The zero-order valence-corrected chi connectivity index (χ0v) is 10.9. The summed E-state index contributed by atoms with van der Waals surface area (Å²) in [6.45, 7) is 0.796. The van der Waals surface area contributed by atoms with Gasteiger partial charge in [0.2, 0.25) is 0 Å². The largest absolute Gasteiger partial charge is 0.330 e. The van der Waals surface area contributed by atoms with Crippen LogP contribution in [0.3, 0.4) is 0 Å². The molecule has 1 nitrogen and oxygen atoms in total. The van der Waals surface area contributed by atoms with E-state index >= 15 is 0 Å². The van der Waals surface area contributed by atoms with Gasteiger partial charge in [0.1, 0.15) is 0 Å². The topological polar surface area (TPSA) is 26.0 Å². The Morgan fingerprint density at radius 2 is 1.88 bits per heavy atom. The molecule has 16 heavy (non-hydrogen) atoms. The quantitative estimate of drug-likeness (QED) is 0.811. The van der Waals surface area contributed by atoms with Crippen molar-refractivity contribution in [1.82, 2.24) is 0 Å². The molecular formula is C14H21NS. The van der Waals surface area contributed by atoms with Crippen LogP contribution in [0.4, 0.5) is 0 Å². The Balaban J connectivity index is 2.38. The lowest BCUT2D eigenvalue weighted by Gasteiger charge is -2.38. The number of benzene rings is 1. The van der Waals surface area contributed by atoms with Crippen molar-refractivity contribution < 1.29 is 0 Å². The molecule has 0 aromatic heterocycles. The van der Waals surface area contributed by atoms with Gasteiger partial charge in [-0.25, -0.2) is 0 Å². The maximum atomic E-state index is 6.08. The van der Waals surface area contributed by atoms with Crippen molar-refractivity contribution in [3.8, 4) is 0 Å². The second-order valence-electron chi connectivity index (χ2n) is 4.75. The molecule has 0 amide bonds. The number of hydrogen-bond donors (Lipinski definition) is 1. The van der Waals surface area contributed by atoms with Crippen LogP contribution in [0.25, 0.3) is 0 Å². The molecule has 0 saturated heterocycles. The van der Waals surface area contributed by atoms with Gasteiger partial charge >= 0.3 is 0 Å². The second-order valence-corrected chi connectivity index (χ2v) is 5.59. The molecule has 2 N–H and O–H groups in total. The number of hydrogen-bond acceptors (Lipinski definition) is 2. The van der Waals surface area contributed by atoms with Gasteiger partial charge in [-0.1, -0.05) is 37.5 Å². The van der Waals surface area contributed by atoms with Crippen molar-refractivity contribution in [2.75, 3.05) is 12.8 Å². The van der Waals surface area contributed by atoms with Gasteiger partial charge in [-0.2, -0.15) is 0 Å². The molecule has 0 heterocycles. The first-order valence-electron chi connectivity index (χ1n) is 6.16.